The maximum Gasteiger partial charge on any atom is 0.243 e. The van der Waals surface area contributed by atoms with E-state index in [1.54, 1.807) is 54.6 Å². The zero-order valence-corrected chi connectivity index (χ0v) is 18.4. The molecule has 1 heterocycles. The van der Waals surface area contributed by atoms with Crippen LogP contribution >= 0.6 is 0 Å². The minimum Gasteiger partial charge on any atom is -0.219 e. The van der Waals surface area contributed by atoms with Gasteiger partial charge in [-0.2, -0.15) is 4.31 Å². The standard InChI is InChI=1S/C22H25NO4S2/c1-4-8-21-18(3)15-23(29(26,27)20-13-11-17(2)12-14-20)16-22(21)28(24,25)19-9-6-5-7-10-19/h4-14,18H,15-16H2,1-3H3/b8-4+. The van der Waals surface area contributed by atoms with Gasteiger partial charge in [-0.25, -0.2) is 16.8 Å². The summed E-state index contributed by atoms with van der Waals surface area (Å²) < 4.78 is 54.4. The maximum atomic E-state index is 13.4. The minimum absolute atomic E-state index is 0.135. The minimum atomic E-state index is -3.83. The summed E-state index contributed by atoms with van der Waals surface area (Å²) in [5.41, 5.74) is 1.62. The molecule has 2 aromatic carbocycles. The first-order chi connectivity index (χ1) is 13.7. The lowest BCUT2D eigenvalue weighted by Crippen LogP contribution is -2.42. The van der Waals surface area contributed by atoms with Crippen molar-refractivity contribution in [2.45, 2.75) is 30.6 Å². The van der Waals surface area contributed by atoms with Gasteiger partial charge in [0.25, 0.3) is 0 Å². The van der Waals surface area contributed by atoms with E-state index in [0.29, 0.717) is 5.57 Å². The molecule has 0 amide bonds. The Morgan fingerprint density at radius 1 is 0.931 bits per heavy atom. The Labute approximate surface area is 173 Å². The van der Waals surface area contributed by atoms with Gasteiger partial charge in [0.05, 0.1) is 21.2 Å². The lowest BCUT2D eigenvalue weighted by molar-refractivity contribution is 0.381. The molecule has 7 heteroatoms. The molecule has 0 aliphatic carbocycles. The largest absolute Gasteiger partial charge is 0.243 e. The number of aryl methyl sites for hydroxylation is 1. The Hall–Kier alpha value is -2.22. The highest BCUT2D eigenvalue weighted by atomic mass is 32.2. The summed E-state index contributed by atoms with van der Waals surface area (Å²) in [6.45, 7) is 5.60. The van der Waals surface area contributed by atoms with E-state index in [4.69, 9.17) is 0 Å². The van der Waals surface area contributed by atoms with Gasteiger partial charge in [-0.1, -0.05) is 55.0 Å². The normalized spacial score (nSPS) is 19.1. The van der Waals surface area contributed by atoms with E-state index >= 15 is 0 Å². The van der Waals surface area contributed by atoms with E-state index in [0.717, 1.165) is 5.56 Å². The third-order valence-corrected chi connectivity index (χ3v) is 8.77. The van der Waals surface area contributed by atoms with Crippen LogP contribution in [0.5, 0.6) is 0 Å². The highest BCUT2D eigenvalue weighted by Crippen LogP contribution is 2.34. The van der Waals surface area contributed by atoms with Crippen LogP contribution in [0.2, 0.25) is 0 Å². The Bertz CT molecular complexity index is 1150. The second kappa shape index (κ2) is 8.26. The van der Waals surface area contributed by atoms with Crippen LogP contribution in [0.1, 0.15) is 19.4 Å². The van der Waals surface area contributed by atoms with E-state index in [9.17, 15) is 16.8 Å². The van der Waals surface area contributed by atoms with Crippen molar-refractivity contribution in [1.29, 1.82) is 0 Å². The molecular weight excluding hydrogens is 406 g/mol. The van der Waals surface area contributed by atoms with Crippen molar-refractivity contribution in [3.63, 3.8) is 0 Å². The van der Waals surface area contributed by atoms with Crippen LogP contribution in [0.4, 0.5) is 0 Å². The topological polar surface area (TPSA) is 71.5 Å². The number of nitrogens with zero attached hydrogens (tertiary/aromatic N) is 1. The van der Waals surface area contributed by atoms with Gasteiger partial charge in [-0.3, -0.25) is 0 Å². The number of hydrogen-bond acceptors (Lipinski definition) is 4. The fraction of sp³-hybridized carbons (Fsp3) is 0.273. The van der Waals surface area contributed by atoms with Crippen molar-refractivity contribution in [3.8, 4) is 0 Å². The van der Waals surface area contributed by atoms with Crippen molar-refractivity contribution in [2.75, 3.05) is 13.1 Å². The first-order valence-electron chi connectivity index (χ1n) is 9.40. The van der Waals surface area contributed by atoms with Gasteiger partial charge >= 0.3 is 0 Å². The van der Waals surface area contributed by atoms with Crippen LogP contribution < -0.4 is 0 Å². The number of sulfone groups is 1. The molecule has 0 N–H and O–H groups in total. The fourth-order valence-electron chi connectivity index (χ4n) is 3.46. The number of hydrogen-bond donors (Lipinski definition) is 0. The van der Waals surface area contributed by atoms with E-state index in [-0.39, 0.29) is 33.7 Å². The molecule has 0 saturated heterocycles. The third kappa shape index (κ3) is 4.22. The number of sulfonamides is 1. The summed E-state index contributed by atoms with van der Waals surface area (Å²) in [5, 5.41) is 0. The predicted molar refractivity (Wildman–Crippen MR) is 115 cm³/mol. The van der Waals surface area contributed by atoms with Crippen LogP contribution in [-0.4, -0.2) is 34.2 Å². The highest BCUT2D eigenvalue weighted by molar-refractivity contribution is 7.95. The van der Waals surface area contributed by atoms with Crippen LogP contribution in [-0.2, 0) is 19.9 Å². The average Bonchev–Trinajstić information content (AvgIpc) is 2.70. The Balaban J connectivity index is 2.10. The van der Waals surface area contributed by atoms with Gasteiger partial charge in [-0.15, -0.1) is 0 Å². The lowest BCUT2D eigenvalue weighted by Gasteiger charge is -2.33. The van der Waals surface area contributed by atoms with Crippen molar-refractivity contribution >= 4 is 19.9 Å². The van der Waals surface area contributed by atoms with Crippen LogP contribution in [0.25, 0.3) is 0 Å². The monoisotopic (exact) mass is 431 g/mol. The van der Waals surface area contributed by atoms with E-state index in [2.05, 4.69) is 0 Å². The second-order valence-electron chi connectivity index (χ2n) is 7.21. The molecular formula is C22H25NO4S2. The first kappa shape index (κ1) is 21.5. The number of benzene rings is 2. The summed E-state index contributed by atoms with van der Waals surface area (Å²) in [6, 6.07) is 14.7. The van der Waals surface area contributed by atoms with Crippen molar-refractivity contribution < 1.29 is 16.8 Å². The molecule has 5 nitrogen and oxygen atoms in total. The summed E-state index contributed by atoms with van der Waals surface area (Å²) in [7, 11) is -7.64. The Morgan fingerprint density at radius 2 is 1.55 bits per heavy atom. The van der Waals surface area contributed by atoms with Gasteiger partial charge in [0.15, 0.2) is 0 Å². The van der Waals surface area contributed by atoms with Crippen LogP contribution in [0.15, 0.2) is 87.0 Å². The molecule has 3 rings (SSSR count). The van der Waals surface area contributed by atoms with Gasteiger partial charge < -0.3 is 0 Å². The second-order valence-corrected chi connectivity index (χ2v) is 11.1. The maximum absolute atomic E-state index is 13.4. The van der Waals surface area contributed by atoms with E-state index < -0.39 is 19.9 Å². The van der Waals surface area contributed by atoms with E-state index in [1.807, 2.05) is 20.8 Å². The molecule has 0 radical (unpaired) electrons. The fourth-order valence-corrected chi connectivity index (χ4v) is 6.74. The molecule has 0 fully saturated rings. The number of allylic oxidation sites excluding steroid dienone is 2. The molecule has 2 aromatic rings. The van der Waals surface area contributed by atoms with Gasteiger partial charge in [-0.05, 0) is 49.6 Å². The average molecular weight is 432 g/mol. The molecule has 154 valence electrons. The van der Waals surface area contributed by atoms with Crippen molar-refractivity contribution in [3.05, 3.63) is 82.8 Å². The van der Waals surface area contributed by atoms with Gasteiger partial charge in [0.1, 0.15) is 0 Å². The zero-order valence-electron chi connectivity index (χ0n) is 16.7. The molecule has 29 heavy (non-hydrogen) atoms. The lowest BCUT2D eigenvalue weighted by atomic mass is 9.97. The van der Waals surface area contributed by atoms with Crippen LogP contribution in [0.3, 0.4) is 0 Å². The molecule has 0 saturated carbocycles. The van der Waals surface area contributed by atoms with Gasteiger partial charge in [0, 0.05) is 6.54 Å². The van der Waals surface area contributed by atoms with E-state index in [1.165, 1.54) is 16.4 Å². The Morgan fingerprint density at radius 3 is 2.14 bits per heavy atom. The highest BCUT2D eigenvalue weighted by Gasteiger charge is 2.37. The zero-order chi connectivity index (χ0) is 21.2. The quantitative estimate of drug-likeness (QED) is 0.719. The Kier molecular flexibility index (Phi) is 6.12. The molecule has 0 spiro atoms. The van der Waals surface area contributed by atoms with Crippen molar-refractivity contribution in [1.82, 2.24) is 4.31 Å². The summed E-state index contributed by atoms with van der Waals surface area (Å²) >= 11 is 0. The smallest absolute Gasteiger partial charge is 0.219 e. The molecule has 1 aliphatic rings. The third-order valence-electron chi connectivity index (χ3n) is 5.03. The SMILES string of the molecule is C/C=C/C1=C(S(=O)(=O)c2ccccc2)CN(S(=O)(=O)c2ccc(C)cc2)CC1C. The van der Waals surface area contributed by atoms with Gasteiger partial charge in [0.2, 0.25) is 19.9 Å². The summed E-state index contributed by atoms with van der Waals surface area (Å²) in [6.07, 6.45) is 3.56. The molecule has 1 aliphatic heterocycles. The molecule has 0 aromatic heterocycles. The summed E-state index contributed by atoms with van der Waals surface area (Å²) in [5.74, 6) is -0.256. The molecule has 0 bridgehead atoms. The molecule has 1 unspecified atom stereocenters. The van der Waals surface area contributed by atoms with Crippen LogP contribution in [0, 0.1) is 12.8 Å². The summed E-state index contributed by atoms with van der Waals surface area (Å²) in [4.78, 5) is 0.469. The predicted octanol–water partition coefficient (Wildman–Crippen LogP) is 3.94. The number of rotatable bonds is 5. The molecule has 1 atom stereocenters. The first-order valence-corrected chi connectivity index (χ1v) is 12.3. The van der Waals surface area contributed by atoms with Crippen molar-refractivity contribution in [2.24, 2.45) is 5.92 Å².